The maximum absolute atomic E-state index is 15.8. The van der Waals surface area contributed by atoms with Crippen molar-refractivity contribution in [2.24, 2.45) is 0 Å². The summed E-state index contributed by atoms with van der Waals surface area (Å²) in [6.07, 6.45) is 1.71. The lowest BCUT2D eigenvalue weighted by Crippen LogP contribution is -2.35. The third kappa shape index (κ3) is 5.04. The van der Waals surface area contributed by atoms with E-state index in [1.165, 1.54) is 0 Å². The molecule has 0 saturated heterocycles. The van der Waals surface area contributed by atoms with E-state index >= 15 is 4.39 Å². The van der Waals surface area contributed by atoms with Gasteiger partial charge in [0.15, 0.2) is 0 Å². The first kappa shape index (κ1) is 22.5. The van der Waals surface area contributed by atoms with Crippen LogP contribution in [0.25, 0.3) is 22.0 Å². The van der Waals surface area contributed by atoms with Crippen LogP contribution in [0.5, 0.6) is 0 Å². The molecule has 3 nitrogen and oxygen atoms in total. The van der Waals surface area contributed by atoms with Crippen molar-refractivity contribution in [3.05, 3.63) is 88.3 Å². The van der Waals surface area contributed by atoms with Crippen molar-refractivity contribution in [1.82, 2.24) is 10.3 Å². The Kier molecular flexibility index (Phi) is 6.38. The van der Waals surface area contributed by atoms with E-state index in [1.807, 2.05) is 48.5 Å². The van der Waals surface area contributed by atoms with Crippen molar-refractivity contribution in [1.29, 1.82) is 0 Å². The maximum atomic E-state index is 15.8. The van der Waals surface area contributed by atoms with Gasteiger partial charge in [0.25, 0.3) is 0 Å². The Balaban J connectivity index is 1.81. The quantitative estimate of drug-likeness (QED) is 0.312. The Hall–Kier alpha value is -2.66. The molecule has 32 heavy (non-hydrogen) atoms. The first-order chi connectivity index (χ1) is 15.2. The molecule has 164 valence electrons. The van der Waals surface area contributed by atoms with E-state index in [0.29, 0.717) is 33.4 Å². The van der Waals surface area contributed by atoms with Crippen LogP contribution in [0.2, 0.25) is 10.0 Å². The number of fused-ring (bicyclic) bond motifs is 1. The summed E-state index contributed by atoms with van der Waals surface area (Å²) in [6, 6.07) is 18.3. The van der Waals surface area contributed by atoms with Crippen molar-refractivity contribution < 1.29 is 4.39 Å². The summed E-state index contributed by atoms with van der Waals surface area (Å²) < 4.78 is 15.8. The van der Waals surface area contributed by atoms with Gasteiger partial charge in [-0.05, 0) is 68.8 Å². The van der Waals surface area contributed by atoms with E-state index in [2.05, 4.69) is 36.4 Å². The van der Waals surface area contributed by atoms with Crippen molar-refractivity contribution in [2.45, 2.75) is 32.9 Å². The van der Waals surface area contributed by atoms with Crippen LogP contribution in [-0.2, 0) is 6.54 Å². The lowest BCUT2D eigenvalue weighted by Gasteiger charge is -2.22. The van der Waals surface area contributed by atoms with Gasteiger partial charge in [0.2, 0.25) is 0 Å². The summed E-state index contributed by atoms with van der Waals surface area (Å²) in [5.41, 5.74) is 3.96. The monoisotopic (exact) mass is 467 g/mol. The molecule has 4 aromatic rings. The zero-order chi connectivity index (χ0) is 22.9. The second-order valence-electron chi connectivity index (χ2n) is 8.72. The van der Waals surface area contributed by atoms with Crippen LogP contribution in [0.4, 0.5) is 15.8 Å². The SMILES string of the molecule is CC(C)(C)NCc1ccc(Nc2ccnc3cc(Cl)ccc23)c(-c2ccc(Cl)cc2)c1F. The van der Waals surface area contributed by atoms with Gasteiger partial charge in [-0.1, -0.05) is 41.4 Å². The van der Waals surface area contributed by atoms with Crippen LogP contribution in [0, 0.1) is 5.82 Å². The molecule has 0 aliphatic rings. The minimum atomic E-state index is -0.268. The molecule has 4 rings (SSSR count). The van der Waals surface area contributed by atoms with E-state index in [1.54, 1.807) is 18.3 Å². The molecule has 2 N–H and O–H groups in total. The normalized spacial score (nSPS) is 11.7. The summed E-state index contributed by atoms with van der Waals surface area (Å²) in [4.78, 5) is 4.39. The average Bonchev–Trinajstić information content (AvgIpc) is 2.73. The van der Waals surface area contributed by atoms with Crippen molar-refractivity contribution in [3.63, 3.8) is 0 Å². The molecule has 0 saturated carbocycles. The van der Waals surface area contributed by atoms with Gasteiger partial charge in [-0.2, -0.15) is 0 Å². The molecule has 0 spiro atoms. The van der Waals surface area contributed by atoms with E-state index in [-0.39, 0.29) is 11.4 Å². The van der Waals surface area contributed by atoms with Crippen molar-refractivity contribution >= 4 is 45.5 Å². The van der Waals surface area contributed by atoms with Crippen LogP contribution in [0.3, 0.4) is 0 Å². The number of pyridine rings is 1. The van der Waals surface area contributed by atoms with Gasteiger partial charge in [0, 0.05) is 56.2 Å². The molecular weight excluding hydrogens is 444 g/mol. The van der Waals surface area contributed by atoms with Crippen LogP contribution in [0.1, 0.15) is 26.3 Å². The Bertz CT molecular complexity index is 1260. The molecule has 0 fully saturated rings. The molecule has 0 aliphatic carbocycles. The Labute approximate surface area is 197 Å². The molecule has 0 aliphatic heterocycles. The van der Waals surface area contributed by atoms with Gasteiger partial charge in [-0.3, -0.25) is 4.98 Å². The average molecular weight is 468 g/mol. The number of rotatable bonds is 5. The predicted octanol–water partition coefficient (Wildman–Crippen LogP) is 7.98. The third-order valence-corrected chi connectivity index (χ3v) is 5.63. The highest BCUT2D eigenvalue weighted by atomic mass is 35.5. The number of hydrogen-bond donors (Lipinski definition) is 2. The number of nitrogens with one attached hydrogen (secondary N) is 2. The van der Waals surface area contributed by atoms with Gasteiger partial charge < -0.3 is 10.6 Å². The molecule has 1 heterocycles. The highest BCUT2D eigenvalue weighted by molar-refractivity contribution is 6.31. The molecule has 0 atom stereocenters. The van der Waals surface area contributed by atoms with Gasteiger partial charge in [-0.15, -0.1) is 0 Å². The smallest absolute Gasteiger partial charge is 0.137 e. The van der Waals surface area contributed by atoms with E-state index in [4.69, 9.17) is 23.2 Å². The van der Waals surface area contributed by atoms with Gasteiger partial charge in [0.05, 0.1) is 5.52 Å². The third-order valence-electron chi connectivity index (χ3n) is 5.14. The van der Waals surface area contributed by atoms with Crippen LogP contribution in [-0.4, -0.2) is 10.5 Å². The zero-order valence-electron chi connectivity index (χ0n) is 18.1. The van der Waals surface area contributed by atoms with Gasteiger partial charge >= 0.3 is 0 Å². The molecule has 0 radical (unpaired) electrons. The number of hydrogen-bond acceptors (Lipinski definition) is 3. The maximum Gasteiger partial charge on any atom is 0.137 e. The fourth-order valence-electron chi connectivity index (χ4n) is 3.49. The fraction of sp³-hybridized carbons (Fsp3) is 0.192. The minimum Gasteiger partial charge on any atom is -0.354 e. The standard InChI is InChI=1S/C26H24Cl2FN3/c1-26(2,3)31-15-17-6-11-22(24(25(17)29)16-4-7-18(27)8-5-16)32-21-12-13-30-23-14-19(28)9-10-20(21)23/h4-14,31H,15H2,1-3H3,(H,30,32). The molecule has 0 amide bonds. The molecule has 0 bridgehead atoms. The van der Waals surface area contributed by atoms with Crippen LogP contribution in [0.15, 0.2) is 66.9 Å². The highest BCUT2D eigenvalue weighted by Gasteiger charge is 2.18. The molecule has 6 heteroatoms. The Morgan fingerprint density at radius 3 is 2.31 bits per heavy atom. The number of anilines is 2. The predicted molar refractivity (Wildman–Crippen MR) is 133 cm³/mol. The second kappa shape index (κ2) is 9.07. The summed E-state index contributed by atoms with van der Waals surface area (Å²) in [5.74, 6) is -0.268. The summed E-state index contributed by atoms with van der Waals surface area (Å²) >= 11 is 12.2. The van der Waals surface area contributed by atoms with Crippen molar-refractivity contribution in [2.75, 3.05) is 5.32 Å². The fourth-order valence-corrected chi connectivity index (χ4v) is 3.79. The summed E-state index contributed by atoms with van der Waals surface area (Å²) in [7, 11) is 0. The second-order valence-corrected chi connectivity index (χ2v) is 9.59. The van der Waals surface area contributed by atoms with Gasteiger partial charge in [0.1, 0.15) is 5.82 Å². The van der Waals surface area contributed by atoms with E-state index in [0.717, 1.165) is 22.2 Å². The zero-order valence-corrected chi connectivity index (χ0v) is 19.7. The van der Waals surface area contributed by atoms with E-state index < -0.39 is 0 Å². The first-order valence-corrected chi connectivity index (χ1v) is 11.1. The lowest BCUT2D eigenvalue weighted by atomic mass is 9.98. The summed E-state index contributed by atoms with van der Waals surface area (Å²) in [6.45, 7) is 6.60. The molecular formula is C26H24Cl2FN3. The summed E-state index contributed by atoms with van der Waals surface area (Å²) in [5, 5.41) is 8.90. The largest absolute Gasteiger partial charge is 0.354 e. The topological polar surface area (TPSA) is 37.0 Å². The molecule has 3 aromatic carbocycles. The number of benzene rings is 3. The van der Waals surface area contributed by atoms with Crippen LogP contribution >= 0.6 is 23.2 Å². The first-order valence-electron chi connectivity index (χ1n) is 10.3. The minimum absolute atomic E-state index is 0.124. The van der Waals surface area contributed by atoms with Crippen LogP contribution < -0.4 is 10.6 Å². The number of halogens is 3. The molecule has 1 aromatic heterocycles. The molecule has 0 unspecified atom stereocenters. The Morgan fingerprint density at radius 2 is 1.59 bits per heavy atom. The van der Waals surface area contributed by atoms with E-state index in [9.17, 15) is 0 Å². The highest BCUT2D eigenvalue weighted by Crippen LogP contribution is 2.37. The lowest BCUT2D eigenvalue weighted by molar-refractivity contribution is 0.419. The van der Waals surface area contributed by atoms with Crippen molar-refractivity contribution in [3.8, 4) is 11.1 Å². The number of nitrogens with zero attached hydrogens (tertiary/aromatic N) is 1. The number of aromatic nitrogens is 1. The Morgan fingerprint density at radius 1 is 0.875 bits per heavy atom. The van der Waals surface area contributed by atoms with Gasteiger partial charge in [-0.25, -0.2) is 4.39 Å².